The zero-order valence-corrected chi connectivity index (χ0v) is 16.6. The minimum Gasteiger partial charge on any atom is -0.355 e. The molecule has 1 atom stereocenters. The molecule has 7 heteroatoms. The molecule has 2 fully saturated rings. The highest BCUT2D eigenvalue weighted by atomic mass is 16.5. The van der Waals surface area contributed by atoms with E-state index < -0.39 is 0 Å². The smallest absolute Gasteiger partial charge is 0.263 e. The summed E-state index contributed by atoms with van der Waals surface area (Å²) in [7, 11) is 0. The van der Waals surface area contributed by atoms with Crippen molar-refractivity contribution in [2.24, 2.45) is 11.3 Å². The van der Waals surface area contributed by atoms with Crippen LogP contribution in [0, 0.1) is 18.3 Å². The van der Waals surface area contributed by atoms with Gasteiger partial charge in [-0.15, -0.1) is 0 Å². The molecule has 7 nitrogen and oxygen atoms in total. The lowest BCUT2D eigenvalue weighted by Crippen LogP contribution is -2.54. The minimum atomic E-state index is 0.158. The Labute approximate surface area is 160 Å². The summed E-state index contributed by atoms with van der Waals surface area (Å²) in [5, 5.41) is 4.98. The Morgan fingerprint density at radius 3 is 2.93 bits per heavy atom. The quantitative estimate of drug-likeness (QED) is 0.822. The highest BCUT2D eigenvalue weighted by molar-refractivity contribution is 5.88. The predicted octanol–water partition coefficient (Wildman–Crippen LogP) is 3.18. The van der Waals surface area contributed by atoms with E-state index in [-0.39, 0.29) is 5.41 Å². The Morgan fingerprint density at radius 1 is 1.26 bits per heavy atom. The molecule has 0 N–H and O–H groups in total. The number of aromatic nitrogens is 3. The van der Waals surface area contributed by atoms with E-state index in [4.69, 9.17) is 4.52 Å². The molecule has 0 aliphatic carbocycles. The molecular formula is C20H29N5O2. The lowest BCUT2D eigenvalue weighted by molar-refractivity contribution is -0.138. The zero-order valence-electron chi connectivity index (χ0n) is 16.6. The van der Waals surface area contributed by atoms with E-state index in [1.54, 1.807) is 6.33 Å². The lowest BCUT2D eigenvalue weighted by Gasteiger charge is -2.48. The number of anilines is 1. The standard InChI is InChI=1S/C20H29N5O2/c1-14(2)6-10-24-11-20(8-5-16(24)26)7-4-9-25(12-20)18-17-15(3)23-27-19(17)22-13-21-18/h13-14H,4-12H2,1-3H3/t20-/m0/s1. The van der Waals surface area contributed by atoms with E-state index in [0.29, 0.717) is 24.0 Å². The van der Waals surface area contributed by atoms with Gasteiger partial charge in [0.2, 0.25) is 5.91 Å². The van der Waals surface area contributed by atoms with Crippen LogP contribution in [-0.4, -0.2) is 52.1 Å². The third-order valence-corrected chi connectivity index (χ3v) is 6.11. The second-order valence-corrected chi connectivity index (χ2v) is 8.67. The Kier molecular flexibility index (Phi) is 4.78. The van der Waals surface area contributed by atoms with Crippen molar-refractivity contribution in [1.29, 1.82) is 0 Å². The Balaban J connectivity index is 1.56. The fourth-order valence-electron chi connectivity index (χ4n) is 4.59. The van der Waals surface area contributed by atoms with Gasteiger partial charge < -0.3 is 14.3 Å². The molecule has 4 heterocycles. The molecule has 0 bridgehead atoms. The summed E-state index contributed by atoms with van der Waals surface area (Å²) < 4.78 is 5.32. The van der Waals surface area contributed by atoms with Gasteiger partial charge >= 0.3 is 0 Å². The van der Waals surface area contributed by atoms with Gasteiger partial charge in [-0.1, -0.05) is 19.0 Å². The Hall–Kier alpha value is -2.18. The molecule has 2 aromatic heterocycles. The zero-order chi connectivity index (χ0) is 19.0. The molecule has 2 aromatic rings. The third-order valence-electron chi connectivity index (χ3n) is 6.11. The van der Waals surface area contributed by atoms with Crippen LogP contribution in [0.4, 0.5) is 5.82 Å². The van der Waals surface area contributed by atoms with Gasteiger partial charge in [0.15, 0.2) is 0 Å². The van der Waals surface area contributed by atoms with Gasteiger partial charge in [-0.25, -0.2) is 4.98 Å². The maximum Gasteiger partial charge on any atom is 0.263 e. The SMILES string of the molecule is Cc1noc2ncnc(N3CCC[C@@]4(CCC(=O)N(CCC(C)C)C4)C3)c12. The van der Waals surface area contributed by atoms with Crippen molar-refractivity contribution >= 4 is 22.8 Å². The maximum atomic E-state index is 12.4. The van der Waals surface area contributed by atoms with Crippen molar-refractivity contribution in [3.63, 3.8) is 0 Å². The van der Waals surface area contributed by atoms with Crippen LogP contribution >= 0.6 is 0 Å². The molecule has 2 saturated heterocycles. The molecule has 0 unspecified atom stereocenters. The van der Waals surface area contributed by atoms with Crippen molar-refractivity contribution in [2.45, 2.75) is 52.9 Å². The molecule has 4 rings (SSSR count). The monoisotopic (exact) mass is 371 g/mol. The van der Waals surface area contributed by atoms with Crippen LogP contribution in [0.5, 0.6) is 0 Å². The summed E-state index contributed by atoms with van der Waals surface area (Å²) in [6.07, 6.45) is 6.55. The number of nitrogens with zero attached hydrogens (tertiary/aromatic N) is 5. The van der Waals surface area contributed by atoms with E-state index in [9.17, 15) is 4.79 Å². The van der Waals surface area contributed by atoms with Gasteiger partial charge in [-0.05, 0) is 38.5 Å². The van der Waals surface area contributed by atoms with Gasteiger partial charge in [0.25, 0.3) is 5.71 Å². The average Bonchev–Trinajstić information content (AvgIpc) is 3.04. The van der Waals surface area contributed by atoms with E-state index in [1.807, 2.05) is 6.92 Å². The van der Waals surface area contributed by atoms with Crippen LogP contribution in [0.2, 0.25) is 0 Å². The lowest BCUT2D eigenvalue weighted by atomic mass is 9.73. The summed E-state index contributed by atoms with van der Waals surface area (Å²) in [6.45, 7) is 10.0. The van der Waals surface area contributed by atoms with Gasteiger partial charge in [0.05, 0.1) is 5.69 Å². The van der Waals surface area contributed by atoms with Crippen molar-refractivity contribution < 1.29 is 9.32 Å². The number of carbonyl (C=O) groups is 1. The van der Waals surface area contributed by atoms with E-state index in [2.05, 4.69) is 38.8 Å². The second-order valence-electron chi connectivity index (χ2n) is 8.67. The first-order chi connectivity index (χ1) is 13.0. The number of hydrogen-bond acceptors (Lipinski definition) is 6. The number of carbonyl (C=O) groups excluding carboxylic acids is 1. The van der Waals surface area contributed by atoms with E-state index >= 15 is 0 Å². The molecular weight excluding hydrogens is 342 g/mol. The highest BCUT2D eigenvalue weighted by Crippen LogP contribution is 2.41. The van der Waals surface area contributed by atoms with Crippen molar-refractivity contribution in [1.82, 2.24) is 20.0 Å². The van der Waals surface area contributed by atoms with Crippen LogP contribution in [0.3, 0.4) is 0 Å². The number of aryl methyl sites for hydroxylation is 1. The predicted molar refractivity (Wildman–Crippen MR) is 103 cm³/mol. The molecule has 2 aliphatic heterocycles. The van der Waals surface area contributed by atoms with Crippen LogP contribution in [0.15, 0.2) is 10.9 Å². The summed E-state index contributed by atoms with van der Waals surface area (Å²) in [5.41, 5.74) is 1.54. The molecule has 0 radical (unpaired) electrons. The van der Waals surface area contributed by atoms with Crippen LogP contribution in [0.25, 0.3) is 11.1 Å². The summed E-state index contributed by atoms with van der Waals surface area (Å²) in [6, 6.07) is 0. The van der Waals surface area contributed by atoms with Crippen LogP contribution in [-0.2, 0) is 4.79 Å². The fourth-order valence-corrected chi connectivity index (χ4v) is 4.59. The largest absolute Gasteiger partial charge is 0.355 e. The number of rotatable bonds is 4. The average molecular weight is 371 g/mol. The minimum absolute atomic E-state index is 0.158. The first-order valence-electron chi connectivity index (χ1n) is 10.1. The number of amides is 1. The van der Waals surface area contributed by atoms with Gasteiger partial charge in [0.1, 0.15) is 17.5 Å². The highest BCUT2D eigenvalue weighted by Gasteiger charge is 2.42. The van der Waals surface area contributed by atoms with E-state index in [1.165, 1.54) is 6.42 Å². The van der Waals surface area contributed by atoms with Gasteiger partial charge in [0, 0.05) is 38.0 Å². The maximum absolute atomic E-state index is 12.4. The summed E-state index contributed by atoms with van der Waals surface area (Å²) in [5.74, 6) is 1.85. The number of piperidine rings is 2. The molecule has 2 aliphatic rings. The van der Waals surface area contributed by atoms with Crippen LogP contribution < -0.4 is 4.90 Å². The topological polar surface area (TPSA) is 75.4 Å². The van der Waals surface area contributed by atoms with Crippen molar-refractivity contribution in [3.8, 4) is 0 Å². The van der Waals surface area contributed by atoms with Crippen LogP contribution in [0.1, 0.15) is 51.6 Å². The number of hydrogen-bond donors (Lipinski definition) is 0. The normalized spacial score (nSPS) is 23.8. The Bertz CT molecular complexity index is 833. The van der Waals surface area contributed by atoms with Crippen molar-refractivity contribution in [3.05, 3.63) is 12.0 Å². The third kappa shape index (κ3) is 3.51. The van der Waals surface area contributed by atoms with Gasteiger partial charge in [-0.2, -0.15) is 4.98 Å². The molecule has 1 spiro atoms. The van der Waals surface area contributed by atoms with E-state index in [0.717, 1.165) is 62.3 Å². The number of fused-ring (bicyclic) bond motifs is 1. The van der Waals surface area contributed by atoms with Gasteiger partial charge in [-0.3, -0.25) is 4.79 Å². The van der Waals surface area contributed by atoms with Crippen molar-refractivity contribution in [2.75, 3.05) is 31.1 Å². The molecule has 0 aromatic carbocycles. The molecule has 27 heavy (non-hydrogen) atoms. The summed E-state index contributed by atoms with van der Waals surface area (Å²) >= 11 is 0. The number of likely N-dealkylation sites (tertiary alicyclic amines) is 1. The molecule has 146 valence electrons. The second kappa shape index (κ2) is 7.09. The fraction of sp³-hybridized carbons (Fsp3) is 0.700. The molecule has 0 saturated carbocycles. The summed E-state index contributed by atoms with van der Waals surface area (Å²) in [4.78, 5) is 25.7. The first kappa shape index (κ1) is 18.2. The Morgan fingerprint density at radius 2 is 2.11 bits per heavy atom. The first-order valence-corrected chi connectivity index (χ1v) is 10.1. The molecule has 1 amide bonds.